The van der Waals surface area contributed by atoms with Gasteiger partial charge in [0.2, 0.25) is 0 Å². The lowest BCUT2D eigenvalue weighted by Crippen LogP contribution is -2.30. The van der Waals surface area contributed by atoms with Crippen molar-refractivity contribution in [3.8, 4) is 5.75 Å². The molecule has 0 saturated carbocycles. The van der Waals surface area contributed by atoms with Crippen LogP contribution in [0.5, 0.6) is 5.75 Å². The van der Waals surface area contributed by atoms with Crippen LogP contribution in [-0.2, 0) is 4.79 Å². The highest BCUT2D eigenvalue weighted by Gasteiger charge is 2.10. The van der Waals surface area contributed by atoms with E-state index in [2.05, 4.69) is 0 Å². The second-order valence-electron chi connectivity index (χ2n) is 2.77. The summed E-state index contributed by atoms with van der Waals surface area (Å²) in [5.74, 6) is -0.116. The van der Waals surface area contributed by atoms with Crippen molar-refractivity contribution in [3.63, 3.8) is 0 Å². The first-order valence-electron chi connectivity index (χ1n) is 3.91. The van der Waals surface area contributed by atoms with Crippen molar-refractivity contribution in [2.75, 3.05) is 0 Å². The highest BCUT2D eigenvalue weighted by Crippen LogP contribution is 2.24. The van der Waals surface area contributed by atoms with Crippen LogP contribution in [0.1, 0.15) is 6.92 Å². The van der Waals surface area contributed by atoms with Crippen molar-refractivity contribution < 1.29 is 9.53 Å². The molecule has 0 bridgehead atoms. The van der Waals surface area contributed by atoms with Crippen LogP contribution >= 0.6 is 23.2 Å². The number of amides is 1. The molecule has 1 unspecified atom stereocenters. The first-order chi connectivity index (χ1) is 6.49. The summed E-state index contributed by atoms with van der Waals surface area (Å²) in [6, 6.07) is 4.70. The van der Waals surface area contributed by atoms with E-state index in [1.54, 1.807) is 25.1 Å². The number of hydrogen-bond acceptors (Lipinski definition) is 2. The number of nitrogens with two attached hydrogens (primary N) is 1. The molecule has 1 aromatic rings. The summed E-state index contributed by atoms with van der Waals surface area (Å²) < 4.78 is 5.19. The highest BCUT2D eigenvalue weighted by atomic mass is 35.5. The van der Waals surface area contributed by atoms with Gasteiger partial charge in [-0.3, -0.25) is 4.79 Å². The van der Waals surface area contributed by atoms with Crippen LogP contribution in [0, 0.1) is 0 Å². The van der Waals surface area contributed by atoms with E-state index >= 15 is 0 Å². The van der Waals surface area contributed by atoms with Crippen LogP contribution in [0.25, 0.3) is 0 Å². The van der Waals surface area contributed by atoms with Crippen molar-refractivity contribution in [2.45, 2.75) is 13.0 Å². The minimum absolute atomic E-state index is 0.425. The van der Waals surface area contributed by atoms with Gasteiger partial charge in [-0.05, 0) is 25.1 Å². The lowest BCUT2D eigenvalue weighted by molar-refractivity contribution is -0.123. The Labute approximate surface area is 91.7 Å². The van der Waals surface area contributed by atoms with Crippen molar-refractivity contribution in [3.05, 3.63) is 28.2 Å². The maximum atomic E-state index is 10.7. The topological polar surface area (TPSA) is 52.3 Å². The number of rotatable bonds is 3. The quantitative estimate of drug-likeness (QED) is 0.871. The molecule has 0 aliphatic rings. The number of hydrogen-bond donors (Lipinski definition) is 1. The first kappa shape index (κ1) is 11.1. The molecule has 3 nitrogen and oxygen atoms in total. The fourth-order valence-corrected chi connectivity index (χ4v) is 1.36. The number of halogens is 2. The molecule has 0 aliphatic carbocycles. The molecule has 1 aromatic carbocycles. The van der Waals surface area contributed by atoms with Crippen LogP contribution in [0.15, 0.2) is 18.2 Å². The zero-order chi connectivity index (χ0) is 10.7. The normalized spacial score (nSPS) is 12.2. The van der Waals surface area contributed by atoms with E-state index in [0.717, 1.165) is 0 Å². The second kappa shape index (κ2) is 4.53. The SMILES string of the molecule is CC(Oc1cc(Cl)cc(Cl)c1)C(N)=O. The van der Waals surface area contributed by atoms with Gasteiger partial charge in [-0.2, -0.15) is 0 Å². The molecule has 1 atom stereocenters. The van der Waals surface area contributed by atoms with Crippen molar-refractivity contribution >= 4 is 29.1 Å². The summed E-state index contributed by atoms with van der Waals surface area (Å²) in [5.41, 5.74) is 5.03. The predicted octanol–water partition coefficient (Wildman–Crippen LogP) is 2.25. The third-order valence-electron chi connectivity index (χ3n) is 1.55. The Kier molecular flexibility index (Phi) is 3.61. The molecule has 2 N–H and O–H groups in total. The zero-order valence-electron chi connectivity index (χ0n) is 7.46. The van der Waals surface area contributed by atoms with Gasteiger partial charge in [-0.25, -0.2) is 0 Å². The van der Waals surface area contributed by atoms with Crippen LogP contribution in [0.3, 0.4) is 0 Å². The Morgan fingerprint density at radius 2 is 1.86 bits per heavy atom. The van der Waals surface area contributed by atoms with Gasteiger partial charge >= 0.3 is 0 Å². The summed E-state index contributed by atoms with van der Waals surface area (Å²) in [6.07, 6.45) is -0.704. The average Bonchev–Trinajstić information content (AvgIpc) is 2.01. The standard InChI is InChI=1S/C9H9Cl2NO2/c1-5(9(12)13)14-8-3-6(10)2-7(11)4-8/h2-5H,1H3,(H2,12,13). The Balaban J connectivity index is 2.81. The maximum Gasteiger partial charge on any atom is 0.258 e. The minimum Gasteiger partial charge on any atom is -0.481 e. The summed E-state index contributed by atoms with van der Waals surface area (Å²) in [4.78, 5) is 10.7. The van der Waals surface area contributed by atoms with Gasteiger partial charge < -0.3 is 10.5 Å². The summed E-state index contributed by atoms with van der Waals surface area (Å²) in [7, 11) is 0. The van der Waals surface area contributed by atoms with Gasteiger partial charge in [0.05, 0.1) is 0 Å². The van der Waals surface area contributed by atoms with Crippen molar-refractivity contribution in [1.82, 2.24) is 0 Å². The molecule has 0 radical (unpaired) electrons. The summed E-state index contributed by atoms with van der Waals surface area (Å²) in [6.45, 7) is 1.55. The molecule has 0 fully saturated rings. The fourth-order valence-electron chi connectivity index (χ4n) is 0.859. The molecular weight excluding hydrogens is 225 g/mol. The molecule has 5 heteroatoms. The van der Waals surface area contributed by atoms with E-state index in [9.17, 15) is 4.79 Å². The van der Waals surface area contributed by atoms with E-state index in [4.69, 9.17) is 33.7 Å². The Morgan fingerprint density at radius 1 is 1.36 bits per heavy atom. The van der Waals surface area contributed by atoms with E-state index < -0.39 is 12.0 Å². The number of benzene rings is 1. The molecule has 1 amide bonds. The fraction of sp³-hybridized carbons (Fsp3) is 0.222. The summed E-state index contributed by atoms with van der Waals surface area (Å²) in [5, 5.41) is 0.897. The van der Waals surface area contributed by atoms with Gasteiger partial charge in [0.15, 0.2) is 6.10 Å². The molecule has 0 aromatic heterocycles. The van der Waals surface area contributed by atoms with Gasteiger partial charge in [0, 0.05) is 10.0 Å². The second-order valence-corrected chi connectivity index (χ2v) is 3.64. The summed E-state index contributed by atoms with van der Waals surface area (Å²) >= 11 is 11.5. The monoisotopic (exact) mass is 233 g/mol. The Hall–Kier alpha value is -0.930. The third kappa shape index (κ3) is 3.09. The van der Waals surface area contributed by atoms with E-state index in [-0.39, 0.29) is 0 Å². The highest BCUT2D eigenvalue weighted by molar-refractivity contribution is 6.34. The van der Waals surface area contributed by atoms with E-state index in [1.165, 1.54) is 0 Å². The van der Waals surface area contributed by atoms with Crippen LogP contribution in [0.2, 0.25) is 10.0 Å². The third-order valence-corrected chi connectivity index (χ3v) is 1.99. The smallest absolute Gasteiger partial charge is 0.258 e. The van der Waals surface area contributed by atoms with E-state index in [0.29, 0.717) is 15.8 Å². The van der Waals surface area contributed by atoms with Crippen molar-refractivity contribution in [1.29, 1.82) is 0 Å². The molecule has 14 heavy (non-hydrogen) atoms. The first-order valence-corrected chi connectivity index (χ1v) is 4.66. The van der Waals surface area contributed by atoms with Crippen molar-refractivity contribution in [2.24, 2.45) is 5.73 Å². The molecule has 0 aliphatic heterocycles. The molecule has 0 heterocycles. The number of primary amides is 1. The van der Waals surface area contributed by atoms with Gasteiger partial charge in [0.25, 0.3) is 5.91 Å². The van der Waals surface area contributed by atoms with Gasteiger partial charge in [0.1, 0.15) is 5.75 Å². The van der Waals surface area contributed by atoms with Gasteiger partial charge in [-0.1, -0.05) is 23.2 Å². The maximum absolute atomic E-state index is 10.7. The number of carbonyl (C=O) groups excluding carboxylic acids is 1. The largest absolute Gasteiger partial charge is 0.481 e. The van der Waals surface area contributed by atoms with Crippen LogP contribution in [-0.4, -0.2) is 12.0 Å². The Morgan fingerprint density at radius 3 is 2.29 bits per heavy atom. The molecule has 76 valence electrons. The minimum atomic E-state index is -0.704. The van der Waals surface area contributed by atoms with E-state index in [1.807, 2.05) is 0 Å². The lowest BCUT2D eigenvalue weighted by Gasteiger charge is -2.11. The Bertz CT molecular complexity index is 334. The number of ether oxygens (including phenoxy) is 1. The zero-order valence-corrected chi connectivity index (χ0v) is 8.97. The molecular formula is C9H9Cl2NO2. The molecule has 0 spiro atoms. The van der Waals surface area contributed by atoms with Gasteiger partial charge in [-0.15, -0.1) is 0 Å². The lowest BCUT2D eigenvalue weighted by atomic mass is 10.3. The number of carbonyl (C=O) groups is 1. The molecule has 1 rings (SSSR count). The predicted molar refractivity (Wildman–Crippen MR) is 55.7 cm³/mol. The van der Waals surface area contributed by atoms with Crippen LogP contribution < -0.4 is 10.5 Å². The van der Waals surface area contributed by atoms with Crippen LogP contribution in [0.4, 0.5) is 0 Å². The average molecular weight is 234 g/mol. The molecule has 0 saturated heterocycles.